The number of alkyl halides is 3. The minimum atomic E-state index is -4.38. The third-order valence-corrected chi connectivity index (χ3v) is 2.85. The molecular formula is C11H11F3N2O. The van der Waals surface area contributed by atoms with E-state index >= 15 is 0 Å². The Morgan fingerprint density at radius 2 is 2.12 bits per heavy atom. The van der Waals surface area contributed by atoms with Gasteiger partial charge in [0.1, 0.15) is 0 Å². The highest BCUT2D eigenvalue weighted by Gasteiger charge is 2.33. The summed E-state index contributed by atoms with van der Waals surface area (Å²) in [4.78, 5) is 11.2. The van der Waals surface area contributed by atoms with Crippen LogP contribution in [0.1, 0.15) is 23.5 Å². The standard InChI is InChI=1S/C11H11F3N2O/c12-11(13,14)6-1-2-7-8(10(15)17)3-4-16-9(7)5-6/h1-2,5,8,16H,3-4H2,(H2,15,17). The van der Waals surface area contributed by atoms with Crippen molar-refractivity contribution in [2.24, 2.45) is 5.73 Å². The van der Waals surface area contributed by atoms with E-state index in [-0.39, 0.29) is 0 Å². The van der Waals surface area contributed by atoms with Crippen LogP contribution < -0.4 is 11.1 Å². The second-order valence-corrected chi connectivity index (χ2v) is 3.97. The van der Waals surface area contributed by atoms with Gasteiger partial charge >= 0.3 is 6.18 Å². The molecule has 3 N–H and O–H groups in total. The summed E-state index contributed by atoms with van der Waals surface area (Å²) in [6.07, 6.45) is -3.87. The highest BCUT2D eigenvalue weighted by Crippen LogP contribution is 2.37. The minimum absolute atomic E-state index is 0.342. The van der Waals surface area contributed by atoms with Gasteiger partial charge in [-0.15, -0.1) is 0 Å². The van der Waals surface area contributed by atoms with Crippen LogP contribution >= 0.6 is 0 Å². The number of rotatable bonds is 1. The fraction of sp³-hybridized carbons (Fsp3) is 0.364. The number of benzene rings is 1. The Labute approximate surface area is 95.8 Å². The van der Waals surface area contributed by atoms with Gasteiger partial charge in [-0.25, -0.2) is 0 Å². The Morgan fingerprint density at radius 3 is 2.71 bits per heavy atom. The zero-order valence-corrected chi connectivity index (χ0v) is 8.84. The zero-order chi connectivity index (χ0) is 12.6. The fourth-order valence-corrected chi connectivity index (χ4v) is 1.99. The number of halogens is 3. The van der Waals surface area contributed by atoms with E-state index in [9.17, 15) is 18.0 Å². The largest absolute Gasteiger partial charge is 0.416 e. The molecule has 6 heteroatoms. The molecule has 0 fully saturated rings. The number of hydrogen-bond donors (Lipinski definition) is 2. The average Bonchev–Trinajstić information content (AvgIpc) is 2.26. The van der Waals surface area contributed by atoms with Crippen LogP contribution in [0.3, 0.4) is 0 Å². The van der Waals surface area contributed by atoms with E-state index in [0.29, 0.717) is 24.2 Å². The van der Waals surface area contributed by atoms with E-state index in [4.69, 9.17) is 5.73 Å². The van der Waals surface area contributed by atoms with Crippen LogP contribution in [-0.2, 0) is 11.0 Å². The molecule has 1 amide bonds. The fourth-order valence-electron chi connectivity index (χ4n) is 1.99. The lowest BCUT2D eigenvalue weighted by Crippen LogP contribution is -2.28. The van der Waals surface area contributed by atoms with Crippen molar-refractivity contribution in [2.45, 2.75) is 18.5 Å². The molecule has 0 spiro atoms. The number of carbonyl (C=O) groups is 1. The lowest BCUT2D eigenvalue weighted by molar-refractivity contribution is -0.137. The number of nitrogens with two attached hydrogens (primary N) is 1. The van der Waals surface area contributed by atoms with Crippen LogP contribution in [0.5, 0.6) is 0 Å². The highest BCUT2D eigenvalue weighted by atomic mass is 19.4. The van der Waals surface area contributed by atoms with Gasteiger partial charge in [-0.3, -0.25) is 4.79 Å². The summed E-state index contributed by atoms with van der Waals surface area (Å²) in [5.74, 6) is -1.01. The Kier molecular flexibility index (Phi) is 2.73. The smallest absolute Gasteiger partial charge is 0.385 e. The molecule has 0 saturated heterocycles. The van der Waals surface area contributed by atoms with Gasteiger partial charge in [0.15, 0.2) is 0 Å². The maximum absolute atomic E-state index is 12.5. The molecule has 1 aliphatic heterocycles. The summed E-state index contributed by atoms with van der Waals surface area (Å²) in [6.45, 7) is 0.446. The molecule has 3 nitrogen and oxygen atoms in total. The second-order valence-electron chi connectivity index (χ2n) is 3.97. The third-order valence-electron chi connectivity index (χ3n) is 2.85. The van der Waals surface area contributed by atoms with E-state index < -0.39 is 23.6 Å². The maximum Gasteiger partial charge on any atom is 0.416 e. The average molecular weight is 244 g/mol. The first-order valence-electron chi connectivity index (χ1n) is 5.14. The normalized spacial score (nSPS) is 19.4. The topological polar surface area (TPSA) is 55.1 Å². The predicted octanol–water partition coefficient (Wildman–Crippen LogP) is 2.09. The summed E-state index contributed by atoms with van der Waals surface area (Å²) in [7, 11) is 0. The van der Waals surface area contributed by atoms with Gasteiger partial charge in [0, 0.05) is 12.2 Å². The molecule has 92 valence electrons. The van der Waals surface area contributed by atoms with E-state index in [1.807, 2.05) is 0 Å². The maximum atomic E-state index is 12.5. The number of nitrogens with one attached hydrogen (secondary N) is 1. The quantitative estimate of drug-likeness (QED) is 0.794. The summed E-state index contributed by atoms with van der Waals surface area (Å²) < 4.78 is 37.5. The van der Waals surface area contributed by atoms with Crippen molar-refractivity contribution in [3.8, 4) is 0 Å². The number of fused-ring (bicyclic) bond motifs is 1. The number of anilines is 1. The van der Waals surface area contributed by atoms with Crippen LogP contribution in [0.2, 0.25) is 0 Å². The summed E-state index contributed by atoms with van der Waals surface area (Å²) in [6, 6.07) is 3.31. The molecule has 0 radical (unpaired) electrons. The van der Waals surface area contributed by atoms with Gasteiger partial charge in [-0.05, 0) is 24.1 Å². The van der Waals surface area contributed by atoms with Crippen molar-refractivity contribution in [3.63, 3.8) is 0 Å². The van der Waals surface area contributed by atoms with E-state index in [1.165, 1.54) is 6.07 Å². The molecule has 17 heavy (non-hydrogen) atoms. The van der Waals surface area contributed by atoms with Gasteiger partial charge in [0.2, 0.25) is 5.91 Å². The van der Waals surface area contributed by atoms with Crippen LogP contribution in [0.25, 0.3) is 0 Å². The van der Waals surface area contributed by atoms with Crippen molar-refractivity contribution >= 4 is 11.6 Å². The number of hydrogen-bond acceptors (Lipinski definition) is 2. The number of amides is 1. The van der Waals surface area contributed by atoms with Gasteiger partial charge in [-0.1, -0.05) is 6.07 Å². The molecule has 0 saturated carbocycles. The summed E-state index contributed by atoms with van der Waals surface area (Å²) in [5, 5.41) is 2.85. The van der Waals surface area contributed by atoms with Crippen LogP contribution in [0.4, 0.5) is 18.9 Å². The molecule has 1 aromatic carbocycles. The molecule has 1 aromatic rings. The number of primary amides is 1. The van der Waals surface area contributed by atoms with Crippen molar-refractivity contribution in [2.75, 3.05) is 11.9 Å². The lowest BCUT2D eigenvalue weighted by atomic mass is 9.89. The van der Waals surface area contributed by atoms with E-state index in [0.717, 1.165) is 12.1 Å². The van der Waals surface area contributed by atoms with Gasteiger partial charge in [-0.2, -0.15) is 13.2 Å². The van der Waals surface area contributed by atoms with Crippen molar-refractivity contribution in [3.05, 3.63) is 29.3 Å². The first-order chi connectivity index (χ1) is 7.89. The molecule has 0 aromatic heterocycles. The molecule has 1 heterocycles. The summed E-state index contributed by atoms with van der Waals surface area (Å²) in [5.41, 5.74) is 5.37. The molecule has 1 unspecified atom stereocenters. The Morgan fingerprint density at radius 1 is 1.41 bits per heavy atom. The monoisotopic (exact) mass is 244 g/mol. The van der Waals surface area contributed by atoms with Crippen LogP contribution in [-0.4, -0.2) is 12.5 Å². The molecule has 0 aliphatic carbocycles. The van der Waals surface area contributed by atoms with Crippen molar-refractivity contribution in [1.82, 2.24) is 0 Å². The van der Waals surface area contributed by atoms with E-state index in [2.05, 4.69) is 5.32 Å². The third kappa shape index (κ3) is 2.20. The van der Waals surface area contributed by atoms with Gasteiger partial charge in [0.25, 0.3) is 0 Å². The molecule has 0 bridgehead atoms. The van der Waals surface area contributed by atoms with Gasteiger partial charge < -0.3 is 11.1 Å². The molecule has 2 rings (SSSR count). The van der Waals surface area contributed by atoms with Crippen LogP contribution in [0.15, 0.2) is 18.2 Å². The summed E-state index contributed by atoms with van der Waals surface area (Å²) >= 11 is 0. The lowest BCUT2D eigenvalue weighted by Gasteiger charge is -2.25. The Balaban J connectivity index is 2.43. The molecule has 1 atom stereocenters. The first kappa shape index (κ1) is 11.8. The molecule has 1 aliphatic rings. The van der Waals surface area contributed by atoms with E-state index in [1.54, 1.807) is 0 Å². The Bertz CT molecular complexity index is 457. The zero-order valence-electron chi connectivity index (χ0n) is 8.84. The van der Waals surface area contributed by atoms with Crippen molar-refractivity contribution in [1.29, 1.82) is 0 Å². The second kappa shape index (κ2) is 3.94. The van der Waals surface area contributed by atoms with Crippen molar-refractivity contribution < 1.29 is 18.0 Å². The number of carbonyl (C=O) groups excluding carboxylic acids is 1. The highest BCUT2D eigenvalue weighted by molar-refractivity contribution is 5.85. The Hall–Kier alpha value is -1.72. The van der Waals surface area contributed by atoms with Crippen LogP contribution in [0, 0.1) is 0 Å². The SMILES string of the molecule is NC(=O)C1CCNc2cc(C(F)(F)F)ccc21. The predicted molar refractivity (Wildman–Crippen MR) is 56.5 cm³/mol. The first-order valence-corrected chi connectivity index (χ1v) is 5.14. The molecular weight excluding hydrogens is 233 g/mol. The van der Waals surface area contributed by atoms with Gasteiger partial charge in [0.05, 0.1) is 11.5 Å². The minimum Gasteiger partial charge on any atom is -0.385 e.